The Bertz CT molecular complexity index is 374. The fourth-order valence-corrected chi connectivity index (χ4v) is 1.60. The zero-order chi connectivity index (χ0) is 12.1. The molecule has 17 heavy (non-hydrogen) atoms. The quantitative estimate of drug-likeness (QED) is 0.476. The van der Waals surface area contributed by atoms with Crippen LogP contribution in [0.15, 0.2) is 35.3 Å². The predicted molar refractivity (Wildman–Crippen MR) is 69.2 cm³/mol. The number of benzene rings is 1. The third kappa shape index (κ3) is 3.66. The van der Waals surface area contributed by atoms with Crippen molar-refractivity contribution in [1.29, 1.82) is 0 Å². The lowest BCUT2D eigenvalue weighted by atomic mass is 10.3. The largest absolute Gasteiger partial charge is 0.492 e. The van der Waals surface area contributed by atoms with E-state index in [1.165, 1.54) is 12.8 Å². The predicted octanol–water partition coefficient (Wildman–Crippen LogP) is 1.47. The number of ether oxygens (including phenoxy) is 1. The Balaban J connectivity index is 1.70. The molecule has 0 bridgehead atoms. The van der Waals surface area contributed by atoms with Crippen molar-refractivity contribution in [3.63, 3.8) is 0 Å². The standard InChI is InChI=1S/C13H19N3O/c1-16(11-7-8-11)13(14)15-9-10-17-12-5-3-2-4-6-12/h2-6,11H,7-10H2,1H3,(H2,14,15). The highest BCUT2D eigenvalue weighted by molar-refractivity contribution is 5.78. The summed E-state index contributed by atoms with van der Waals surface area (Å²) in [5.74, 6) is 1.49. The maximum atomic E-state index is 5.86. The molecular weight excluding hydrogens is 214 g/mol. The monoisotopic (exact) mass is 233 g/mol. The molecule has 1 aromatic carbocycles. The van der Waals surface area contributed by atoms with Crippen LogP contribution in [0.2, 0.25) is 0 Å². The SMILES string of the molecule is CN(C(N)=NCCOc1ccccc1)C1CC1. The minimum Gasteiger partial charge on any atom is -0.492 e. The Labute approximate surface area is 102 Å². The molecule has 1 fully saturated rings. The van der Waals surface area contributed by atoms with Gasteiger partial charge in [-0.15, -0.1) is 0 Å². The highest BCUT2D eigenvalue weighted by Gasteiger charge is 2.27. The normalized spacial score (nSPS) is 15.7. The van der Waals surface area contributed by atoms with Gasteiger partial charge in [-0.3, -0.25) is 0 Å². The highest BCUT2D eigenvalue weighted by atomic mass is 16.5. The number of nitrogens with two attached hydrogens (primary N) is 1. The Morgan fingerprint density at radius 3 is 2.76 bits per heavy atom. The molecule has 0 saturated heterocycles. The summed E-state index contributed by atoms with van der Waals surface area (Å²) < 4.78 is 5.53. The van der Waals surface area contributed by atoms with Crippen molar-refractivity contribution in [2.75, 3.05) is 20.2 Å². The average molecular weight is 233 g/mol. The summed E-state index contributed by atoms with van der Waals surface area (Å²) in [4.78, 5) is 6.34. The second-order valence-electron chi connectivity index (χ2n) is 4.24. The fourth-order valence-electron chi connectivity index (χ4n) is 1.60. The second-order valence-corrected chi connectivity index (χ2v) is 4.24. The topological polar surface area (TPSA) is 50.8 Å². The Morgan fingerprint density at radius 1 is 1.41 bits per heavy atom. The first-order chi connectivity index (χ1) is 8.27. The minimum absolute atomic E-state index is 0.559. The molecule has 4 nitrogen and oxygen atoms in total. The van der Waals surface area contributed by atoms with Crippen molar-refractivity contribution in [3.8, 4) is 5.75 Å². The molecule has 0 atom stereocenters. The van der Waals surface area contributed by atoms with E-state index >= 15 is 0 Å². The third-order valence-corrected chi connectivity index (χ3v) is 2.83. The zero-order valence-corrected chi connectivity index (χ0v) is 10.2. The summed E-state index contributed by atoms with van der Waals surface area (Å²) >= 11 is 0. The van der Waals surface area contributed by atoms with E-state index in [1.54, 1.807) is 0 Å². The molecule has 1 aliphatic rings. The van der Waals surface area contributed by atoms with Gasteiger partial charge in [-0.05, 0) is 25.0 Å². The minimum atomic E-state index is 0.559. The number of hydrogen-bond donors (Lipinski definition) is 1. The maximum absolute atomic E-state index is 5.86. The molecule has 0 heterocycles. The van der Waals surface area contributed by atoms with Gasteiger partial charge in [0.1, 0.15) is 12.4 Å². The van der Waals surface area contributed by atoms with E-state index in [4.69, 9.17) is 10.5 Å². The lowest BCUT2D eigenvalue weighted by Crippen LogP contribution is -2.36. The smallest absolute Gasteiger partial charge is 0.191 e. The van der Waals surface area contributed by atoms with Crippen LogP contribution in [-0.2, 0) is 0 Å². The van der Waals surface area contributed by atoms with E-state index in [-0.39, 0.29) is 0 Å². The zero-order valence-electron chi connectivity index (χ0n) is 10.2. The first-order valence-electron chi connectivity index (χ1n) is 5.98. The molecule has 0 unspecified atom stereocenters. The van der Waals surface area contributed by atoms with Crippen molar-refractivity contribution in [3.05, 3.63) is 30.3 Å². The summed E-state index contributed by atoms with van der Waals surface area (Å²) in [7, 11) is 1.99. The van der Waals surface area contributed by atoms with Crippen molar-refractivity contribution in [1.82, 2.24) is 4.90 Å². The molecule has 1 aliphatic carbocycles. The molecule has 1 saturated carbocycles. The van der Waals surface area contributed by atoms with E-state index in [2.05, 4.69) is 4.99 Å². The van der Waals surface area contributed by atoms with Crippen LogP contribution in [0.25, 0.3) is 0 Å². The summed E-state index contributed by atoms with van der Waals surface area (Å²) in [5.41, 5.74) is 5.86. The Morgan fingerprint density at radius 2 is 2.12 bits per heavy atom. The van der Waals surface area contributed by atoms with Crippen molar-refractivity contribution >= 4 is 5.96 Å². The van der Waals surface area contributed by atoms with Gasteiger partial charge in [0.25, 0.3) is 0 Å². The summed E-state index contributed by atoms with van der Waals surface area (Å²) in [6.45, 7) is 1.15. The second kappa shape index (κ2) is 5.57. The van der Waals surface area contributed by atoms with Crippen LogP contribution >= 0.6 is 0 Å². The maximum Gasteiger partial charge on any atom is 0.191 e. The van der Waals surface area contributed by atoms with Gasteiger partial charge in [-0.25, -0.2) is 4.99 Å². The molecule has 4 heteroatoms. The summed E-state index contributed by atoms with van der Waals surface area (Å²) in [6.07, 6.45) is 2.46. The van der Waals surface area contributed by atoms with Gasteiger partial charge in [0, 0.05) is 13.1 Å². The van der Waals surface area contributed by atoms with Gasteiger partial charge in [-0.2, -0.15) is 0 Å². The first kappa shape index (κ1) is 11.8. The first-order valence-corrected chi connectivity index (χ1v) is 5.98. The van der Waals surface area contributed by atoms with Gasteiger partial charge in [0.2, 0.25) is 0 Å². The molecule has 0 aliphatic heterocycles. The molecule has 1 aromatic rings. The van der Waals surface area contributed by atoms with E-state index in [1.807, 2.05) is 42.3 Å². The fraction of sp³-hybridized carbons (Fsp3) is 0.462. The number of guanidine groups is 1. The van der Waals surface area contributed by atoms with Crippen LogP contribution < -0.4 is 10.5 Å². The molecule has 0 radical (unpaired) electrons. The van der Waals surface area contributed by atoms with Crippen LogP contribution in [0.5, 0.6) is 5.75 Å². The van der Waals surface area contributed by atoms with Crippen LogP contribution in [0.1, 0.15) is 12.8 Å². The van der Waals surface area contributed by atoms with E-state index in [0.29, 0.717) is 25.2 Å². The van der Waals surface area contributed by atoms with Crippen LogP contribution in [0.4, 0.5) is 0 Å². The van der Waals surface area contributed by atoms with Crippen molar-refractivity contribution in [2.45, 2.75) is 18.9 Å². The highest BCUT2D eigenvalue weighted by Crippen LogP contribution is 2.24. The van der Waals surface area contributed by atoms with E-state index < -0.39 is 0 Å². The summed E-state index contributed by atoms with van der Waals surface area (Å²) in [6, 6.07) is 10.3. The van der Waals surface area contributed by atoms with Gasteiger partial charge in [0.15, 0.2) is 5.96 Å². The third-order valence-electron chi connectivity index (χ3n) is 2.83. The molecule has 0 amide bonds. The molecule has 92 valence electrons. The molecule has 0 spiro atoms. The van der Waals surface area contributed by atoms with Crippen molar-refractivity contribution in [2.24, 2.45) is 10.7 Å². The number of hydrogen-bond acceptors (Lipinski definition) is 2. The van der Waals surface area contributed by atoms with Crippen molar-refractivity contribution < 1.29 is 4.74 Å². The molecule has 2 N–H and O–H groups in total. The number of aliphatic imine (C=N–C) groups is 1. The van der Waals surface area contributed by atoms with Crippen LogP contribution in [-0.4, -0.2) is 37.1 Å². The van der Waals surface area contributed by atoms with Gasteiger partial charge in [0.05, 0.1) is 6.54 Å². The number of rotatable bonds is 5. The van der Waals surface area contributed by atoms with Gasteiger partial charge < -0.3 is 15.4 Å². The number of para-hydroxylation sites is 1. The van der Waals surface area contributed by atoms with Gasteiger partial charge >= 0.3 is 0 Å². The Hall–Kier alpha value is -1.71. The Kier molecular flexibility index (Phi) is 3.85. The number of nitrogens with zero attached hydrogens (tertiary/aromatic N) is 2. The summed E-state index contributed by atoms with van der Waals surface area (Å²) in [5, 5.41) is 0. The van der Waals surface area contributed by atoms with Crippen LogP contribution in [0, 0.1) is 0 Å². The van der Waals surface area contributed by atoms with Gasteiger partial charge in [-0.1, -0.05) is 18.2 Å². The lowest BCUT2D eigenvalue weighted by Gasteiger charge is -2.16. The lowest BCUT2D eigenvalue weighted by molar-refractivity contribution is 0.327. The molecule has 0 aromatic heterocycles. The average Bonchev–Trinajstić information content (AvgIpc) is 3.19. The molecular formula is C13H19N3O. The van der Waals surface area contributed by atoms with E-state index in [0.717, 1.165) is 5.75 Å². The van der Waals surface area contributed by atoms with Crippen LogP contribution in [0.3, 0.4) is 0 Å². The molecule has 2 rings (SSSR count). The van der Waals surface area contributed by atoms with E-state index in [9.17, 15) is 0 Å².